The van der Waals surface area contributed by atoms with Gasteiger partial charge >= 0.3 is 6.03 Å². The Morgan fingerprint density at radius 1 is 1.09 bits per heavy atom. The predicted molar refractivity (Wildman–Crippen MR) is 162 cm³/mol. The van der Waals surface area contributed by atoms with Crippen molar-refractivity contribution in [3.8, 4) is 11.5 Å². The molecule has 0 spiro atoms. The van der Waals surface area contributed by atoms with Crippen LogP contribution in [-0.4, -0.2) is 66.4 Å². The van der Waals surface area contributed by atoms with Gasteiger partial charge in [-0.15, -0.1) is 11.3 Å². The first-order valence-electron chi connectivity index (χ1n) is 13.8. The van der Waals surface area contributed by atoms with Crippen LogP contribution in [-0.2, 0) is 14.3 Å². The summed E-state index contributed by atoms with van der Waals surface area (Å²) in [5.41, 5.74) is 2.52. The number of anilines is 3. The van der Waals surface area contributed by atoms with Crippen molar-refractivity contribution in [3.05, 3.63) is 71.2 Å². The molecule has 4 aromatic rings. The standard InChI is InChI=1S/C31H29N5O6S/c1-18-15-21(42-20-8-4-3-5-9-20)10-11-22(18)36-23-12-13-32-29-25(23)26(34-31(36)40)27(43-29)28(38)33-19-7-6-14-35(16-19)30(39)24(37)17-41-2/h3-5,8-13,15,19H,6-7,14,16-17H2,1-2H3,(H,33,38)(H,34,40)/t19-/m1/s1. The predicted octanol–water partition coefficient (Wildman–Crippen LogP) is 5.02. The number of methoxy groups -OCH3 is 1. The fourth-order valence-electron chi connectivity index (χ4n) is 5.45. The second kappa shape index (κ2) is 11.8. The highest BCUT2D eigenvalue weighted by Crippen LogP contribution is 2.46. The average molecular weight is 600 g/mol. The normalized spacial score (nSPS) is 16.1. The van der Waals surface area contributed by atoms with Crippen molar-refractivity contribution < 1.29 is 28.7 Å². The Kier molecular flexibility index (Phi) is 7.78. The van der Waals surface area contributed by atoms with Crippen molar-refractivity contribution in [1.29, 1.82) is 0 Å². The van der Waals surface area contributed by atoms with Crippen LogP contribution in [0.15, 0.2) is 60.8 Å². The van der Waals surface area contributed by atoms with Crippen LogP contribution in [0.5, 0.6) is 11.5 Å². The molecule has 11 nitrogen and oxygen atoms in total. The van der Waals surface area contributed by atoms with Crippen LogP contribution in [0.4, 0.5) is 21.9 Å². The van der Waals surface area contributed by atoms with Crippen molar-refractivity contribution in [1.82, 2.24) is 15.2 Å². The third-order valence-electron chi connectivity index (χ3n) is 7.40. The number of nitrogens with zero attached hydrogens (tertiary/aromatic N) is 3. The quantitative estimate of drug-likeness (QED) is 0.272. The maximum absolute atomic E-state index is 13.6. The fraction of sp³-hybridized carbons (Fsp3) is 0.258. The lowest BCUT2D eigenvalue weighted by Gasteiger charge is -2.33. The third-order valence-corrected chi connectivity index (χ3v) is 8.49. The lowest BCUT2D eigenvalue weighted by molar-refractivity contribution is -0.147. The van der Waals surface area contributed by atoms with Crippen molar-refractivity contribution in [3.63, 3.8) is 0 Å². The lowest BCUT2D eigenvalue weighted by Crippen LogP contribution is -2.51. The van der Waals surface area contributed by atoms with Gasteiger partial charge in [0, 0.05) is 32.4 Å². The molecule has 0 saturated carbocycles. The van der Waals surface area contributed by atoms with E-state index in [9.17, 15) is 19.2 Å². The van der Waals surface area contributed by atoms with Crippen LogP contribution in [0.2, 0.25) is 0 Å². The number of piperidine rings is 1. The zero-order valence-corrected chi connectivity index (χ0v) is 24.4. The van der Waals surface area contributed by atoms with Gasteiger partial charge in [0.1, 0.15) is 27.8 Å². The van der Waals surface area contributed by atoms with Crippen LogP contribution in [0.3, 0.4) is 0 Å². The molecule has 1 fully saturated rings. The summed E-state index contributed by atoms with van der Waals surface area (Å²) in [6, 6.07) is 16.0. The Balaban J connectivity index is 1.25. The van der Waals surface area contributed by atoms with E-state index in [0.29, 0.717) is 63.0 Å². The second-order valence-corrected chi connectivity index (χ2v) is 11.4. The minimum atomic E-state index is -0.622. The summed E-state index contributed by atoms with van der Waals surface area (Å²) in [6.07, 6.45) is 2.92. The lowest BCUT2D eigenvalue weighted by atomic mass is 10.0. The number of pyridine rings is 1. The van der Waals surface area contributed by atoms with E-state index in [1.807, 2.05) is 55.5 Å². The largest absolute Gasteiger partial charge is 0.457 e. The number of likely N-dealkylation sites (tertiary alicyclic amines) is 1. The van der Waals surface area contributed by atoms with Crippen molar-refractivity contribution in [2.24, 2.45) is 0 Å². The number of hydrogen-bond acceptors (Lipinski definition) is 8. The molecule has 2 aromatic heterocycles. The van der Waals surface area contributed by atoms with Gasteiger partial charge in [0.2, 0.25) is 5.78 Å². The first-order valence-corrected chi connectivity index (χ1v) is 14.6. The van der Waals surface area contributed by atoms with E-state index in [-0.39, 0.29) is 25.1 Å². The number of thiophene rings is 1. The molecule has 0 unspecified atom stereocenters. The van der Waals surface area contributed by atoms with Gasteiger partial charge in [-0.3, -0.25) is 19.3 Å². The smallest absolute Gasteiger partial charge is 0.331 e. The van der Waals surface area contributed by atoms with Crippen molar-refractivity contribution in [2.75, 3.05) is 37.0 Å². The molecule has 0 radical (unpaired) electrons. The number of carbonyl (C=O) groups excluding carboxylic acids is 4. The molecule has 2 aliphatic rings. The summed E-state index contributed by atoms with van der Waals surface area (Å²) >= 11 is 1.19. The van der Waals surface area contributed by atoms with E-state index >= 15 is 0 Å². The number of aryl methyl sites for hydroxylation is 1. The average Bonchev–Trinajstić information content (AvgIpc) is 3.38. The summed E-state index contributed by atoms with van der Waals surface area (Å²) in [7, 11) is 1.36. The summed E-state index contributed by atoms with van der Waals surface area (Å²) in [5.74, 6) is -0.261. The zero-order valence-electron chi connectivity index (χ0n) is 23.6. The van der Waals surface area contributed by atoms with Crippen LogP contribution in [0.1, 0.15) is 28.1 Å². The molecule has 43 heavy (non-hydrogen) atoms. The zero-order chi connectivity index (χ0) is 30.1. The SMILES string of the molecule is COCC(=O)C(=O)N1CCC[C@@H](NC(=O)c2sc3nccc4c3c2NC(=O)N4c2ccc(Oc3ccccc3)cc2C)C1. The molecule has 1 saturated heterocycles. The van der Waals surface area contributed by atoms with Gasteiger partial charge in [-0.2, -0.15) is 0 Å². The summed E-state index contributed by atoms with van der Waals surface area (Å²) in [6.45, 7) is 2.27. The number of ether oxygens (including phenoxy) is 2. The molecule has 4 heterocycles. The number of benzene rings is 2. The van der Waals surface area contributed by atoms with Crippen LogP contribution in [0, 0.1) is 6.92 Å². The Morgan fingerprint density at radius 2 is 1.91 bits per heavy atom. The first kappa shape index (κ1) is 28.3. The summed E-state index contributed by atoms with van der Waals surface area (Å²) in [4.78, 5) is 60.0. The minimum Gasteiger partial charge on any atom is -0.457 e. The molecule has 0 aliphatic carbocycles. The number of amides is 4. The molecule has 12 heteroatoms. The van der Waals surface area contributed by atoms with Gasteiger partial charge in [0.25, 0.3) is 11.8 Å². The summed E-state index contributed by atoms with van der Waals surface area (Å²) < 4.78 is 10.8. The number of nitrogens with one attached hydrogen (secondary N) is 2. The van der Waals surface area contributed by atoms with Crippen molar-refractivity contribution >= 4 is 62.2 Å². The molecule has 2 aliphatic heterocycles. The van der Waals surface area contributed by atoms with E-state index in [4.69, 9.17) is 9.47 Å². The Bertz CT molecular complexity index is 1740. The molecular formula is C31H29N5O6S. The number of hydrogen-bond donors (Lipinski definition) is 2. The molecule has 2 N–H and O–H groups in total. The highest BCUT2D eigenvalue weighted by Gasteiger charge is 2.35. The second-order valence-electron chi connectivity index (χ2n) is 10.4. The van der Waals surface area contributed by atoms with Crippen LogP contribution < -0.4 is 20.3 Å². The van der Waals surface area contributed by atoms with Gasteiger partial charge in [-0.25, -0.2) is 9.78 Å². The molecule has 1 atom stereocenters. The van der Waals surface area contributed by atoms with E-state index in [2.05, 4.69) is 15.6 Å². The number of rotatable bonds is 8. The fourth-order valence-corrected chi connectivity index (χ4v) is 6.47. The Labute approximate surface area is 251 Å². The number of urea groups is 1. The number of para-hydroxylation sites is 1. The minimum absolute atomic E-state index is 0.215. The number of Topliss-reactive ketones (excluding diaryl/α,β-unsaturated/α-hetero) is 1. The van der Waals surface area contributed by atoms with Gasteiger partial charge in [0.05, 0.1) is 22.4 Å². The highest BCUT2D eigenvalue weighted by atomic mass is 32.1. The number of carbonyl (C=O) groups is 4. The van der Waals surface area contributed by atoms with E-state index in [1.165, 1.54) is 23.3 Å². The van der Waals surface area contributed by atoms with Gasteiger partial charge in [-0.05, 0) is 61.7 Å². The molecule has 220 valence electrons. The number of ketones is 1. The maximum Gasteiger partial charge on any atom is 0.331 e. The molecule has 0 bridgehead atoms. The maximum atomic E-state index is 13.6. The first-order chi connectivity index (χ1) is 20.8. The van der Waals surface area contributed by atoms with E-state index in [1.54, 1.807) is 17.2 Å². The van der Waals surface area contributed by atoms with E-state index < -0.39 is 17.7 Å². The van der Waals surface area contributed by atoms with E-state index in [0.717, 1.165) is 5.56 Å². The van der Waals surface area contributed by atoms with Gasteiger partial charge in [-0.1, -0.05) is 18.2 Å². The van der Waals surface area contributed by atoms with Gasteiger partial charge < -0.3 is 25.0 Å². The molecular weight excluding hydrogens is 570 g/mol. The third kappa shape index (κ3) is 5.54. The monoisotopic (exact) mass is 599 g/mol. The number of aromatic nitrogens is 1. The summed E-state index contributed by atoms with van der Waals surface area (Å²) in [5, 5.41) is 6.58. The Morgan fingerprint density at radius 3 is 2.67 bits per heavy atom. The highest BCUT2D eigenvalue weighted by molar-refractivity contribution is 7.21. The molecule has 2 aromatic carbocycles. The topological polar surface area (TPSA) is 130 Å². The van der Waals surface area contributed by atoms with Gasteiger partial charge in [0.15, 0.2) is 0 Å². The van der Waals surface area contributed by atoms with Crippen LogP contribution >= 0.6 is 11.3 Å². The molecule has 4 amide bonds. The molecule has 6 rings (SSSR count). The van der Waals surface area contributed by atoms with Crippen LogP contribution in [0.25, 0.3) is 10.2 Å². The Hall–Kier alpha value is -4.81. The van der Waals surface area contributed by atoms with Crippen molar-refractivity contribution in [2.45, 2.75) is 25.8 Å².